The van der Waals surface area contributed by atoms with Crippen molar-refractivity contribution >= 4 is 28.5 Å². The van der Waals surface area contributed by atoms with Crippen molar-refractivity contribution in [3.8, 4) is 5.88 Å². The predicted octanol–water partition coefficient (Wildman–Crippen LogP) is -0.892. The van der Waals surface area contributed by atoms with E-state index in [1.165, 1.54) is 0 Å². The van der Waals surface area contributed by atoms with Gasteiger partial charge in [-0.2, -0.15) is 4.98 Å². The third kappa shape index (κ3) is 2.41. The van der Waals surface area contributed by atoms with E-state index in [-0.39, 0.29) is 21.7 Å². The van der Waals surface area contributed by atoms with Crippen molar-refractivity contribution in [2.45, 2.75) is 6.42 Å². The summed E-state index contributed by atoms with van der Waals surface area (Å²) in [6, 6.07) is 0. The Kier molecular flexibility index (Phi) is 2.86. The first-order chi connectivity index (χ1) is 6.00. The molecule has 0 bridgehead atoms. The molecule has 0 aliphatic carbocycles. The molecule has 0 radical (unpaired) electrons. The number of rotatable bonds is 2. The van der Waals surface area contributed by atoms with E-state index >= 15 is 0 Å². The van der Waals surface area contributed by atoms with E-state index in [2.05, 4.69) is 9.97 Å². The van der Waals surface area contributed by atoms with Gasteiger partial charge in [-0.3, -0.25) is 9.59 Å². The summed E-state index contributed by atoms with van der Waals surface area (Å²) in [6.45, 7) is 0. The molecule has 1 aromatic heterocycles. The van der Waals surface area contributed by atoms with Crippen molar-refractivity contribution in [2.75, 3.05) is 0 Å². The third-order valence-corrected chi connectivity index (χ3v) is 2.21. The van der Waals surface area contributed by atoms with E-state index in [0.29, 0.717) is 0 Å². The van der Waals surface area contributed by atoms with Gasteiger partial charge < -0.3 is 15.8 Å². The van der Waals surface area contributed by atoms with Crippen LogP contribution in [0.5, 0.6) is 5.88 Å². The fraction of sp³-hybridized carbons (Fsp3) is 0.167. The minimum absolute atomic E-state index is 0.0652. The van der Waals surface area contributed by atoms with Gasteiger partial charge in [-0.25, -0.2) is 0 Å². The molecule has 0 aliphatic rings. The van der Waals surface area contributed by atoms with Gasteiger partial charge in [0.15, 0.2) is 0 Å². The van der Waals surface area contributed by atoms with Gasteiger partial charge in [0.1, 0.15) is 9.39 Å². The molecule has 0 atom stereocenters. The Morgan fingerprint density at radius 3 is 2.77 bits per heavy atom. The van der Waals surface area contributed by atoms with Crippen LogP contribution in [0.4, 0.5) is 0 Å². The van der Waals surface area contributed by atoms with E-state index in [1.807, 2.05) is 0 Å². The zero-order chi connectivity index (χ0) is 10.0. The second kappa shape index (κ2) is 3.73. The Labute approximate surface area is 86.3 Å². The van der Waals surface area contributed by atoms with Crippen LogP contribution in [0.1, 0.15) is 5.82 Å². The molecule has 0 aliphatic heterocycles. The topological polar surface area (TPSA) is 109 Å². The maximum absolute atomic E-state index is 11.0. The summed E-state index contributed by atoms with van der Waals surface area (Å²) in [5.41, 5.74) is 4.40. The molecule has 70 valence electrons. The van der Waals surface area contributed by atoms with Gasteiger partial charge in [-0.1, -0.05) is 0 Å². The number of nitrogens with one attached hydrogen (secondary N) is 1. The zero-order valence-corrected chi connectivity index (χ0v) is 8.53. The average molecular weight is 295 g/mol. The second-order valence-corrected chi connectivity index (χ2v) is 3.37. The van der Waals surface area contributed by atoms with Crippen molar-refractivity contribution in [3.05, 3.63) is 19.7 Å². The van der Waals surface area contributed by atoms with Crippen LogP contribution in [0.25, 0.3) is 0 Å². The first kappa shape index (κ1) is 9.96. The highest BCUT2D eigenvalue weighted by molar-refractivity contribution is 14.1. The fourth-order valence-corrected chi connectivity index (χ4v) is 0.997. The van der Waals surface area contributed by atoms with Gasteiger partial charge in [0.2, 0.25) is 11.8 Å². The number of aromatic hydroxyl groups is 1. The largest absolute Gasteiger partial charge is 0.492 e. The van der Waals surface area contributed by atoms with Gasteiger partial charge in [-0.05, 0) is 22.6 Å². The third-order valence-electron chi connectivity index (χ3n) is 1.24. The smallest absolute Gasteiger partial charge is 0.268 e. The highest BCUT2D eigenvalue weighted by atomic mass is 127. The second-order valence-electron chi connectivity index (χ2n) is 2.29. The lowest BCUT2D eigenvalue weighted by atomic mass is 10.4. The Hall–Kier alpha value is -1.12. The lowest BCUT2D eigenvalue weighted by molar-refractivity contribution is -0.117. The van der Waals surface area contributed by atoms with Crippen LogP contribution in [-0.4, -0.2) is 21.0 Å². The van der Waals surface area contributed by atoms with Gasteiger partial charge in [0.25, 0.3) is 5.56 Å². The molecule has 7 heteroatoms. The predicted molar refractivity (Wildman–Crippen MR) is 52.1 cm³/mol. The first-order valence-electron chi connectivity index (χ1n) is 3.26. The molecule has 0 saturated carbocycles. The van der Waals surface area contributed by atoms with Crippen LogP contribution in [0, 0.1) is 3.57 Å². The van der Waals surface area contributed by atoms with Crippen LogP contribution in [-0.2, 0) is 11.2 Å². The number of hydrogen-bond donors (Lipinski definition) is 3. The van der Waals surface area contributed by atoms with E-state index in [0.717, 1.165) is 0 Å². The van der Waals surface area contributed by atoms with Crippen LogP contribution in [0.15, 0.2) is 4.79 Å². The summed E-state index contributed by atoms with van der Waals surface area (Å²) in [4.78, 5) is 27.4. The number of hydrogen-bond acceptors (Lipinski definition) is 4. The number of halogens is 1. The van der Waals surface area contributed by atoms with Crippen LogP contribution in [0.2, 0.25) is 0 Å². The summed E-state index contributed by atoms with van der Waals surface area (Å²) in [5, 5.41) is 9.10. The van der Waals surface area contributed by atoms with Crippen molar-refractivity contribution in [2.24, 2.45) is 5.73 Å². The van der Waals surface area contributed by atoms with Gasteiger partial charge in [-0.15, -0.1) is 0 Å². The summed E-state index contributed by atoms with van der Waals surface area (Å²) in [7, 11) is 0. The average Bonchev–Trinajstić information content (AvgIpc) is 1.98. The number of aromatic amines is 1. The molecule has 1 amide bonds. The summed E-state index contributed by atoms with van der Waals surface area (Å²) in [6.07, 6.45) is -0.195. The molecule has 1 aromatic rings. The van der Waals surface area contributed by atoms with Gasteiger partial charge in [0, 0.05) is 0 Å². The first-order valence-corrected chi connectivity index (χ1v) is 4.34. The summed E-state index contributed by atoms with van der Waals surface area (Å²) in [5.74, 6) is -0.945. The molecule has 6 nitrogen and oxygen atoms in total. The maximum atomic E-state index is 11.0. The fourth-order valence-electron chi connectivity index (χ4n) is 0.741. The quantitative estimate of drug-likeness (QED) is 0.615. The molecule has 0 unspecified atom stereocenters. The molecule has 0 fully saturated rings. The number of primary amides is 1. The van der Waals surface area contributed by atoms with E-state index < -0.39 is 11.5 Å². The number of amides is 1. The molecule has 0 spiro atoms. The Bertz CT molecular complexity index is 401. The van der Waals surface area contributed by atoms with Crippen molar-refractivity contribution < 1.29 is 9.90 Å². The Balaban J connectivity index is 3.13. The normalized spacial score (nSPS) is 9.92. The summed E-state index contributed by atoms with van der Waals surface area (Å²) < 4.78 is 0.0887. The number of nitrogens with two attached hydrogens (primary N) is 1. The molecule has 1 heterocycles. The maximum Gasteiger partial charge on any atom is 0.268 e. The Morgan fingerprint density at radius 1 is 1.69 bits per heavy atom. The molecule has 0 aromatic carbocycles. The SMILES string of the molecule is NC(=O)Cc1nc(O)c(I)c(=O)[nH]1. The molecular weight excluding hydrogens is 289 g/mol. The number of H-pyrrole nitrogens is 1. The monoisotopic (exact) mass is 295 g/mol. The minimum Gasteiger partial charge on any atom is -0.492 e. The number of nitrogens with zero attached hydrogens (tertiary/aromatic N) is 1. The van der Waals surface area contributed by atoms with Gasteiger partial charge in [0.05, 0.1) is 6.42 Å². The number of aromatic nitrogens is 2. The van der Waals surface area contributed by atoms with Crippen LogP contribution >= 0.6 is 22.6 Å². The summed E-state index contributed by atoms with van der Waals surface area (Å²) >= 11 is 1.65. The van der Waals surface area contributed by atoms with Gasteiger partial charge >= 0.3 is 0 Å². The minimum atomic E-state index is -0.622. The molecule has 1 rings (SSSR count). The van der Waals surface area contributed by atoms with E-state index in [9.17, 15) is 9.59 Å². The molecule has 13 heavy (non-hydrogen) atoms. The standard InChI is InChI=1S/C6H6IN3O3/c7-4-5(12)9-3(1-2(8)11)10-6(4)13/h1H2,(H2,8,11)(H2,9,10,12,13). The van der Waals surface area contributed by atoms with E-state index in [4.69, 9.17) is 10.8 Å². The zero-order valence-electron chi connectivity index (χ0n) is 6.37. The highest BCUT2D eigenvalue weighted by Crippen LogP contribution is 2.10. The molecule has 4 N–H and O–H groups in total. The lowest BCUT2D eigenvalue weighted by Crippen LogP contribution is -2.20. The van der Waals surface area contributed by atoms with Crippen LogP contribution < -0.4 is 11.3 Å². The molecule has 0 saturated heterocycles. The lowest BCUT2D eigenvalue weighted by Gasteiger charge is -1.98. The van der Waals surface area contributed by atoms with Crippen molar-refractivity contribution in [1.29, 1.82) is 0 Å². The molecular formula is C6H6IN3O3. The van der Waals surface area contributed by atoms with E-state index in [1.54, 1.807) is 22.6 Å². The number of carbonyl (C=O) groups excluding carboxylic acids is 1. The van der Waals surface area contributed by atoms with Crippen molar-refractivity contribution in [3.63, 3.8) is 0 Å². The van der Waals surface area contributed by atoms with Crippen molar-refractivity contribution in [1.82, 2.24) is 9.97 Å². The Morgan fingerprint density at radius 2 is 2.31 bits per heavy atom. The number of carbonyl (C=O) groups is 1. The van der Waals surface area contributed by atoms with Crippen LogP contribution in [0.3, 0.4) is 0 Å². The highest BCUT2D eigenvalue weighted by Gasteiger charge is 2.08.